The van der Waals surface area contributed by atoms with Crippen LogP contribution in [0.3, 0.4) is 0 Å². The Morgan fingerprint density at radius 3 is 2.42 bits per heavy atom. The molecule has 0 bridgehead atoms. The van der Waals surface area contributed by atoms with E-state index in [1.165, 1.54) is 12.0 Å². The van der Waals surface area contributed by atoms with Crippen molar-refractivity contribution < 1.29 is 0 Å². The van der Waals surface area contributed by atoms with Gasteiger partial charge in [-0.25, -0.2) is 0 Å². The van der Waals surface area contributed by atoms with Crippen LogP contribution in [-0.4, -0.2) is 0 Å². The third-order valence-corrected chi connectivity index (χ3v) is 2.32. The molecule has 0 aromatic rings. The minimum atomic E-state index is 0.659. The molecule has 0 aliphatic heterocycles. The molecule has 0 nitrogen and oxygen atoms in total. The van der Waals surface area contributed by atoms with Crippen LogP contribution in [0.1, 0.15) is 40.0 Å². The Hall–Kier alpha value is -0.520. The van der Waals surface area contributed by atoms with Crippen molar-refractivity contribution in [2.24, 2.45) is 5.92 Å². The highest BCUT2D eigenvalue weighted by Gasteiger charge is 2.01. The Kier molecular flexibility index (Phi) is 6.84. The van der Waals surface area contributed by atoms with Crippen molar-refractivity contribution in [2.75, 3.05) is 0 Å². The van der Waals surface area contributed by atoms with E-state index in [-0.39, 0.29) is 0 Å². The molecule has 0 saturated carbocycles. The Labute approximate surface area is 77.4 Å². The predicted octanol–water partition coefficient (Wildman–Crippen LogP) is 4.15. The molecule has 0 aliphatic rings. The molecule has 1 unspecified atom stereocenters. The van der Waals surface area contributed by atoms with Crippen LogP contribution in [0.25, 0.3) is 0 Å². The van der Waals surface area contributed by atoms with E-state index in [9.17, 15) is 0 Å². The Morgan fingerprint density at radius 1 is 1.42 bits per heavy atom. The summed E-state index contributed by atoms with van der Waals surface area (Å²) < 4.78 is 0. The molecule has 1 radical (unpaired) electrons. The highest BCUT2D eigenvalue weighted by Crippen LogP contribution is 2.16. The van der Waals surface area contributed by atoms with Crippen LogP contribution in [0.5, 0.6) is 0 Å². The van der Waals surface area contributed by atoms with Crippen LogP contribution in [0, 0.1) is 12.3 Å². The van der Waals surface area contributed by atoms with Crippen molar-refractivity contribution in [1.82, 2.24) is 0 Å². The summed E-state index contributed by atoms with van der Waals surface area (Å²) in [7, 11) is 0. The lowest BCUT2D eigenvalue weighted by molar-refractivity contribution is 0.619. The lowest BCUT2D eigenvalue weighted by Gasteiger charge is -2.09. The van der Waals surface area contributed by atoms with Crippen LogP contribution in [0.4, 0.5) is 0 Å². The second-order valence-electron chi connectivity index (χ2n) is 3.06. The summed E-state index contributed by atoms with van der Waals surface area (Å²) in [6.45, 7) is 10.3. The minimum Gasteiger partial charge on any atom is -0.103 e. The van der Waals surface area contributed by atoms with Crippen molar-refractivity contribution in [1.29, 1.82) is 0 Å². The number of hydrogen-bond acceptors (Lipinski definition) is 0. The molecule has 0 amide bonds. The minimum absolute atomic E-state index is 0.659. The van der Waals surface area contributed by atoms with Crippen LogP contribution < -0.4 is 0 Å². The van der Waals surface area contributed by atoms with Gasteiger partial charge >= 0.3 is 0 Å². The Bertz CT molecular complexity index is 142. The third-order valence-electron chi connectivity index (χ3n) is 2.32. The van der Waals surface area contributed by atoms with Gasteiger partial charge in [-0.05, 0) is 38.5 Å². The highest BCUT2D eigenvalue weighted by atomic mass is 14.1. The zero-order valence-corrected chi connectivity index (χ0v) is 8.64. The van der Waals surface area contributed by atoms with Crippen LogP contribution in [0.2, 0.25) is 0 Å². The average molecular weight is 165 g/mol. The van der Waals surface area contributed by atoms with Crippen molar-refractivity contribution in [3.05, 3.63) is 30.7 Å². The second kappa shape index (κ2) is 7.15. The SMILES string of the molecule is C=CC(CC)C[CH]C(=CC)CC. The topological polar surface area (TPSA) is 0 Å². The summed E-state index contributed by atoms with van der Waals surface area (Å²) in [6.07, 6.45) is 10.1. The molecule has 0 N–H and O–H groups in total. The maximum atomic E-state index is 3.82. The molecule has 12 heavy (non-hydrogen) atoms. The van der Waals surface area contributed by atoms with E-state index in [1.54, 1.807) is 0 Å². The van der Waals surface area contributed by atoms with Crippen LogP contribution in [-0.2, 0) is 0 Å². The summed E-state index contributed by atoms with van der Waals surface area (Å²) in [5.74, 6) is 0.659. The van der Waals surface area contributed by atoms with E-state index in [4.69, 9.17) is 0 Å². The van der Waals surface area contributed by atoms with Gasteiger partial charge < -0.3 is 0 Å². The predicted molar refractivity (Wildman–Crippen MR) is 56.9 cm³/mol. The fraction of sp³-hybridized carbons (Fsp3) is 0.583. The summed E-state index contributed by atoms with van der Waals surface area (Å²) in [5, 5.41) is 0. The molecule has 0 spiro atoms. The van der Waals surface area contributed by atoms with E-state index in [1.807, 2.05) is 0 Å². The van der Waals surface area contributed by atoms with Gasteiger partial charge in [-0.2, -0.15) is 0 Å². The van der Waals surface area contributed by atoms with Gasteiger partial charge in [0.2, 0.25) is 0 Å². The zero-order chi connectivity index (χ0) is 9.40. The summed E-state index contributed by atoms with van der Waals surface area (Å²) in [5.41, 5.74) is 1.45. The van der Waals surface area contributed by atoms with Gasteiger partial charge in [0.25, 0.3) is 0 Å². The molecule has 0 fully saturated rings. The van der Waals surface area contributed by atoms with Crippen molar-refractivity contribution >= 4 is 0 Å². The zero-order valence-electron chi connectivity index (χ0n) is 8.64. The fourth-order valence-corrected chi connectivity index (χ4v) is 1.20. The molecule has 0 aromatic carbocycles. The molecule has 69 valence electrons. The maximum Gasteiger partial charge on any atom is -0.0132 e. The van der Waals surface area contributed by atoms with E-state index < -0.39 is 0 Å². The fourth-order valence-electron chi connectivity index (χ4n) is 1.20. The first kappa shape index (κ1) is 11.5. The lowest BCUT2D eigenvalue weighted by Crippen LogP contribution is -1.95. The van der Waals surface area contributed by atoms with Gasteiger partial charge in [0.15, 0.2) is 0 Å². The van der Waals surface area contributed by atoms with Crippen molar-refractivity contribution in [3.63, 3.8) is 0 Å². The molecule has 0 heteroatoms. The summed E-state index contributed by atoms with van der Waals surface area (Å²) in [4.78, 5) is 0. The smallest absolute Gasteiger partial charge is 0.0132 e. The third kappa shape index (κ3) is 4.38. The largest absolute Gasteiger partial charge is 0.103 e. The highest BCUT2D eigenvalue weighted by molar-refractivity contribution is 5.12. The monoisotopic (exact) mass is 165 g/mol. The molecule has 0 heterocycles. The first-order valence-corrected chi connectivity index (χ1v) is 4.89. The Balaban J connectivity index is 3.71. The molecule has 1 atom stereocenters. The quantitative estimate of drug-likeness (QED) is 0.519. The van der Waals surface area contributed by atoms with Gasteiger partial charge in [-0.1, -0.05) is 31.6 Å². The number of hydrogen-bond donors (Lipinski definition) is 0. The van der Waals surface area contributed by atoms with E-state index in [0.717, 1.165) is 12.8 Å². The van der Waals surface area contributed by atoms with E-state index >= 15 is 0 Å². The normalized spacial score (nSPS) is 14.4. The van der Waals surface area contributed by atoms with Gasteiger partial charge in [0.1, 0.15) is 0 Å². The molecule has 0 saturated heterocycles. The molecule has 0 aromatic heterocycles. The molecule has 0 rings (SSSR count). The van der Waals surface area contributed by atoms with E-state index in [0.29, 0.717) is 5.92 Å². The van der Waals surface area contributed by atoms with E-state index in [2.05, 4.69) is 45.9 Å². The van der Waals surface area contributed by atoms with Crippen molar-refractivity contribution in [3.8, 4) is 0 Å². The molecule has 0 aliphatic carbocycles. The standard InChI is InChI=1S/C12H21/c1-5-11(6-2)9-10-12(7-3)8-4/h5,7,10-11H,1,6,8-9H2,2-4H3. The maximum absolute atomic E-state index is 3.82. The van der Waals surface area contributed by atoms with Crippen LogP contribution >= 0.6 is 0 Å². The number of allylic oxidation sites excluding steroid dienone is 3. The van der Waals surface area contributed by atoms with Gasteiger partial charge in [0, 0.05) is 0 Å². The first-order valence-electron chi connectivity index (χ1n) is 4.89. The first-order chi connectivity index (χ1) is 5.78. The second-order valence-corrected chi connectivity index (χ2v) is 3.06. The summed E-state index contributed by atoms with van der Waals surface area (Å²) >= 11 is 0. The van der Waals surface area contributed by atoms with Gasteiger partial charge in [0.05, 0.1) is 0 Å². The summed E-state index contributed by atoms with van der Waals surface area (Å²) in [6, 6.07) is 0. The van der Waals surface area contributed by atoms with Crippen molar-refractivity contribution in [2.45, 2.75) is 40.0 Å². The van der Waals surface area contributed by atoms with Gasteiger partial charge in [-0.3, -0.25) is 0 Å². The number of rotatable bonds is 6. The molecular weight excluding hydrogens is 144 g/mol. The molecular formula is C12H21. The van der Waals surface area contributed by atoms with Gasteiger partial charge in [-0.15, -0.1) is 6.58 Å². The van der Waals surface area contributed by atoms with Crippen LogP contribution in [0.15, 0.2) is 24.3 Å². The average Bonchev–Trinajstić information content (AvgIpc) is 2.13. The lowest BCUT2D eigenvalue weighted by atomic mass is 9.96. The Morgan fingerprint density at radius 2 is 2.08 bits per heavy atom.